The molecule has 17 heavy (non-hydrogen) atoms. The molecule has 1 N–H and O–H groups in total. The Morgan fingerprint density at radius 1 is 1.24 bits per heavy atom. The van der Waals surface area contributed by atoms with Crippen molar-refractivity contribution in [2.45, 2.75) is 13.8 Å². The number of aryl methyl sites for hydroxylation is 2. The second-order valence-corrected chi connectivity index (χ2v) is 4.43. The zero-order valence-electron chi connectivity index (χ0n) is 10.1. The molecule has 2 rings (SSSR count). The van der Waals surface area contributed by atoms with E-state index in [-0.39, 0.29) is 0 Å². The first-order valence-electron chi connectivity index (χ1n) is 5.32. The summed E-state index contributed by atoms with van der Waals surface area (Å²) < 4.78 is 6.04. The number of H-pyrrole nitrogens is 1. The first-order chi connectivity index (χ1) is 8.11. The number of hydrogen-bond acceptors (Lipinski definition) is 3. The highest BCUT2D eigenvalue weighted by Gasteiger charge is 2.10. The fourth-order valence-corrected chi connectivity index (χ4v) is 2.15. The molecule has 88 valence electrons. The summed E-state index contributed by atoms with van der Waals surface area (Å²) in [5.41, 5.74) is 4.36. The van der Waals surface area contributed by atoms with Gasteiger partial charge in [0.15, 0.2) is 0 Å². The topological polar surface area (TPSA) is 37.9 Å². The van der Waals surface area contributed by atoms with E-state index in [1.807, 2.05) is 12.1 Å². The van der Waals surface area contributed by atoms with Gasteiger partial charge in [-0.2, -0.15) is 5.10 Å². The van der Waals surface area contributed by atoms with Crippen LogP contribution in [0.4, 0.5) is 0 Å². The van der Waals surface area contributed by atoms with Gasteiger partial charge in [0.05, 0.1) is 13.3 Å². The van der Waals surface area contributed by atoms with Crippen LogP contribution in [0, 0.1) is 18.5 Å². The average Bonchev–Trinajstić information content (AvgIpc) is 2.27. The van der Waals surface area contributed by atoms with Gasteiger partial charge in [0.1, 0.15) is 10.4 Å². The normalized spacial score (nSPS) is 10.3. The van der Waals surface area contributed by atoms with Gasteiger partial charge in [0.2, 0.25) is 0 Å². The monoisotopic (exact) mass is 246 g/mol. The molecule has 0 saturated carbocycles. The Balaban J connectivity index is 2.70. The number of aromatic amines is 1. The molecule has 0 saturated heterocycles. The second-order valence-electron chi connectivity index (χ2n) is 3.99. The molecule has 0 bridgehead atoms. The molecule has 3 nitrogen and oxygen atoms in total. The van der Waals surface area contributed by atoms with E-state index in [9.17, 15) is 0 Å². The fourth-order valence-electron chi connectivity index (χ4n) is 1.97. The van der Waals surface area contributed by atoms with Crippen molar-refractivity contribution in [3.63, 3.8) is 0 Å². The molecule has 0 spiro atoms. The van der Waals surface area contributed by atoms with Crippen LogP contribution in [0.15, 0.2) is 24.4 Å². The Bertz CT molecular complexity index is 605. The third kappa shape index (κ3) is 2.36. The minimum atomic E-state index is 0.615. The lowest BCUT2D eigenvalue weighted by atomic mass is 9.99. The van der Waals surface area contributed by atoms with Crippen LogP contribution in [0.3, 0.4) is 0 Å². The summed E-state index contributed by atoms with van der Waals surface area (Å²) in [5, 5.41) is 6.75. The number of nitrogens with one attached hydrogen (secondary N) is 1. The number of benzene rings is 1. The summed E-state index contributed by atoms with van der Waals surface area (Å²) in [6.07, 6.45) is 1.76. The van der Waals surface area contributed by atoms with Gasteiger partial charge >= 0.3 is 0 Å². The first-order valence-corrected chi connectivity index (χ1v) is 5.73. The van der Waals surface area contributed by atoms with Crippen LogP contribution in [0.1, 0.15) is 11.1 Å². The summed E-state index contributed by atoms with van der Waals surface area (Å²) in [5.74, 6) is 0.852. The van der Waals surface area contributed by atoms with E-state index < -0.39 is 0 Å². The molecule has 2 aromatic rings. The van der Waals surface area contributed by atoms with Gasteiger partial charge < -0.3 is 4.74 Å². The van der Waals surface area contributed by atoms with Crippen LogP contribution < -0.4 is 4.74 Å². The molecule has 0 aliphatic carbocycles. The van der Waals surface area contributed by atoms with Crippen LogP contribution in [0.2, 0.25) is 0 Å². The zero-order valence-corrected chi connectivity index (χ0v) is 10.9. The number of rotatable bonds is 2. The van der Waals surface area contributed by atoms with E-state index >= 15 is 0 Å². The predicted molar refractivity (Wildman–Crippen MR) is 70.9 cm³/mol. The fraction of sp³-hybridized carbons (Fsp3) is 0.231. The minimum absolute atomic E-state index is 0.615. The van der Waals surface area contributed by atoms with Gasteiger partial charge in [0, 0.05) is 11.1 Å². The maximum atomic E-state index is 5.43. The molecular formula is C13H14N2OS. The SMILES string of the molecule is COc1cc(C)cc(C)c1-c1cn[nH]c(=S)c1. The molecule has 1 heterocycles. The van der Waals surface area contributed by atoms with Crippen molar-refractivity contribution >= 4 is 12.2 Å². The Labute approximate surface area is 105 Å². The second kappa shape index (κ2) is 4.67. The quantitative estimate of drug-likeness (QED) is 0.825. The molecule has 4 heteroatoms. The van der Waals surface area contributed by atoms with Crippen LogP contribution in [0.5, 0.6) is 5.75 Å². The molecule has 0 radical (unpaired) electrons. The highest BCUT2D eigenvalue weighted by atomic mass is 32.1. The number of ether oxygens (including phenoxy) is 1. The van der Waals surface area contributed by atoms with Gasteiger partial charge in [-0.25, -0.2) is 0 Å². The molecule has 1 aromatic carbocycles. The Morgan fingerprint density at radius 2 is 2.00 bits per heavy atom. The van der Waals surface area contributed by atoms with Crippen molar-refractivity contribution in [2.75, 3.05) is 7.11 Å². The molecule has 0 aliphatic rings. The van der Waals surface area contributed by atoms with Gasteiger partial charge in [-0.05, 0) is 37.1 Å². The van der Waals surface area contributed by atoms with Crippen LogP contribution in [-0.2, 0) is 0 Å². The van der Waals surface area contributed by atoms with Crippen molar-refractivity contribution in [3.8, 4) is 16.9 Å². The number of aromatic nitrogens is 2. The third-order valence-corrected chi connectivity index (χ3v) is 2.83. The molecule has 0 atom stereocenters. The molecule has 1 aromatic heterocycles. The molecule has 0 aliphatic heterocycles. The van der Waals surface area contributed by atoms with Gasteiger partial charge in [-0.3, -0.25) is 5.10 Å². The van der Waals surface area contributed by atoms with Crippen molar-refractivity contribution in [1.29, 1.82) is 0 Å². The minimum Gasteiger partial charge on any atom is -0.496 e. The molecule has 0 fully saturated rings. The Hall–Kier alpha value is -1.68. The summed E-state index contributed by atoms with van der Waals surface area (Å²) in [6.45, 7) is 4.11. The summed E-state index contributed by atoms with van der Waals surface area (Å²) in [7, 11) is 1.68. The maximum Gasteiger partial charge on any atom is 0.127 e. The molecular weight excluding hydrogens is 232 g/mol. The van der Waals surface area contributed by atoms with Crippen LogP contribution >= 0.6 is 12.2 Å². The van der Waals surface area contributed by atoms with E-state index in [2.05, 4.69) is 30.1 Å². The van der Waals surface area contributed by atoms with Gasteiger partial charge in [-0.1, -0.05) is 18.3 Å². The van der Waals surface area contributed by atoms with Crippen LogP contribution in [-0.4, -0.2) is 17.3 Å². The van der Waals surface area contributed by atoms with Gasteiger partial charge in [-0.15, -0.1) is 0 Å². The van der Waals surface area contributed by atoms with Crippen molar-refractivity contribution in [1.82, 2.24) is 10.2 Å². The van der Waals surface area contributed by atoms with Crippen molar-refractivity contribution in [2.24, 2.45) is 0 Å². The highest BCUT2D eigenvalue weighted by Crippen LogP contribution is 2.33. The van der Waals surface area contributed by atoms with Crippen molar-refractivity contribution in [3.05, 3.63) is 40.2 Å². The number of nitrogens with zero attached hydrogens (tertiary/aromatic N) is 1. The summed E-state index contributed by atoms with van der Waals surface area (Å²) >= 11 is 5.09. The molecule has 0 unspecified atom stereocenters. The Kier molecular flexibility index (Phi) is 3.24. The summed E-state index contributed by atoms with van der Waals surface area (Å²) in [4.78, 5) is 0. The van der Waals surface area contributed by atoms with Crippen LogP contribution in [0.25, 0.3) is 11.1 Å². The van der Waals surface area contributed by atoms with Gasteiger partial charge in [0.25, 0.3) is 0 Å². The van der Waals surface area contributed by atoms with E-state index in [1.165, 1.54) is 5.56 Å². The standard InChI is InChI=1S/C13H14N2OS/c1-8-4-9(2)13(11(5-8)16-3)10-6-12(17)15-14-7-10/h4-7H,1-3H3,(H,15,17). The van der Waals surface area contributed by atoms with E-state index in [1.54, 1.807) is 13.3 Å². The lowest BCUT2D eigenvalue weighted by molar-refractivity contribution is 0.416. The smallest absolute Gasteiger partial charge is 0.127 e. The third-order valence-electron chi connectivity index (χ3n) is 2.62. The van der Waals surface area contributed by atoms with E-state index in [0.29, 0.717) is 4.64 Å². The lowest BCUT2D eigenvalue weighted by Gasteiger charge is -2.12. The lowest BCUT2D eigenvalue weighted by Crippen LogP contribution is -1.94. The number of hydrogen-bond donors (Lipinski definition) is 1. The largest absolute Gasteiger partial charge is 0.496 e. The maximum absolute atomic E-state index is 5.43. The van der Waals surface area contributed by atoms with E-state index in [4.69, 9.17) is 17.0 Å². The van der Waals surface area contributed by atoms with Crippen molar-refractivity contribution < 1.29 is 4.74 Å². The average molecular weight is 246 g/mol. The molecule has 0 amide bonds. The first kappa shape index (κ1) is 11.8. The number of methoxy groups -OCH3 is 1. The zero-order chi connectivity index (χ0) is 12.4. The highest BCUT2D eigenvalue weighted by molar-refractivity contribution is 7.71. The Morgan fingerprint density at radius 3 is 2.65 bits per heavy atom. The predicted octanol–water partition coefficient (Wildman–Crippen LogP) is 3.43. The summed E-state index contributed by atoms with van der Waals surface area (Å²) in [6, 6.07) is 6.03. The van der Waals surface area contributed by atoms with E-state index in [0.717, 1.165) is 22.4 Å².